The van der Waals surface area contributed by atoms with Crippen molar-refractivity contribution >= 4 is 27.6 Å². The number of aromatic nitrogens is 5. The summed E-state index contributed by atoms with van der Waals surface area (Å²) in [5.74, 6) is 0.0123. The van der Waals surface area contributed by atoms with Crippen LogP contribution in [0.2, 0.25) is 0 Å². The quantitative estimate of drug-likeness (QED) is 0.236. The number of nitrogens with one attached hydrogen (secondary N) is 1. The number of aliphatic hydroxyl groups is 1. The number of ether oxygens (including phenoxy) is 4. The molecular formula is C40H52FN7O5. The van der Waals surface area contributed by atoms with Gasteiger partial charge in [-0.2, -0.15) is 15.1 Å². The zero-order valence-electron chi connectivity index (χ0n) is 31.5. The normalized spacial score (nSPS) is 28.0. The standard InChI is InChI=1S/C40H52FN7O5/c1-24-17-28-27(18-42-46-28)30(25(24)2)33-32(41)34-31(36(43-33)50-4)35(47-15-16-51-20-38(3,49)19-47)45-37(44-34)53-23-40-10-5-7-29(40)48(14-6-11-40)26-8-12-39(13-9-26)21-52-22-39/h17-18,26,29,49H,5-16,19-23H2,1-4H3,(H,42,46). The topological polar surface area (TPSA) is 131 Å². The van der Waals surface area contributed by atoms with Gasteiger partial charge in [-0.1, -0.05) is 6.42 Å². The molecule has 5 fully saturated rings. The number of rotatable bonds is 7. The number of methoxy groups -OCH3 is 1. The van der Waals surface area contributed by atoms with E-state index >= 15 is 4.39 Å². The van der Waals surface area contributed by atoms with E-state index in [4.69, 9.17) is 33.9 Å². The van der Waals surface area contributed by atoms with Crippen LogP contribution in [-0.4, -0.2) is 113 Å². The van der Waals surface area contributed by atoms with Crippen molar-refractivity contribution in [3.63, 3.8) is 0 Å². The summed E-state index contributed by atoms with van der Waals surface area (Å²) in [6, 6.07) is 3.17. The number of piperidine rings is 1. The Morgan fingerprint density at radius 2 is 1.83 bits per heavy atom. The molecule has 13 heteroatoms. The van der Waals surface area contributed by atoms with E-state index in [2.05, 4.69) is 15.1 Å². The molecule has 1 spiro atoms. The highest BCUT2D eigenvalue weighted by Gasteiger charge is 2.52. The molecule has 9 rings (SSSR count). The Hall–Kier alpha value is -3.65. The van der Waals surface area contributed by atoms with Crippen molar-refractivity contribution in [1.82, 2.24) is 30.0 Å². The van der Waals surface area contributed by atoms with Gasteiger partial charge in [0.05, 0.1) is 58.4 Å². The first-order valence-corrected chi connectivity index (χ1v) is 19.5. The Labute approximate surface area is 309 Å². The van der Waals surface area contributed by atoms with E-state index in [0.29, 0.717) is 54.0 Å². The highest BCUT2D eigenvalue weighted by molar-refractivity contribution is 6.01. The van der Waals surface area contributed by atoms with Crippen molar-refractivity contribution in [3.05, 3.63) is 29.2 Å². The van der Waals surface area contributed by atoms with E-state index in [-0.39, 0.29) is 41.7 Å². The van der Waals surface area contributed by atoms with Crippen LogP contribution in [0.4, 0.5) is 10.2 Å². The molecule has 2 aliphatic carbocycles. The zero-order chi connectivity index (χ0) is 36.5. The van der Waals surface area contributed by atoms with Gasteiger partial charge in [-0.15, -0.1) is 0 Å². The lowest BCUT2D eigenvalue weighted by atomic mass is 9.69. The molecule has 0 bridgehead atoms. The summed E-state index contributed by atoms with van der Waals surface area (Å²) in [6.07, 6.45) is 12.3. The van der Waals surface area contributed by atoms with Gasteiger partial charge in [-0.25, -0.2) is 9.37 Å². The van der Waals surface area contributed by atoms with Crippen LogP contribution in [0.25, 0.3) is 33.1 Å². The minimum atomic E-state index is -1.16. The van der Waals surface area contributed by atoms with Crippen molar-refractivity contribution in [3.8, 4) is 23.1 Å². The number of H-pyrrole nitrogens is 1. The Morgan fingerprint density at radius 3 is 2.60 bits per heavy atom. The number of β-amino-alcohol motifs (C(OH)–C–C–N with tert-alkyl or cyclic N) is 1. The molecule has 0 amide bonds. The summed E-state index contributed by atoms with van der Waals surface area (Å²) >= 11 is 0. The van der Waals surface area contributed by atoms with Gasteiger partial charge >= 0.3 is 6.01 Å². The summed E-state index contributed by atoms with van der Waals surface area (Å²) in [4.78, 5) is 19.4. The van der Waals surface area contributed by atoms with E-state index in [9.17, 15) is 5.11 Å². The van der Waals surface area contributed by atoms with Gasteiger partial charge in [-0.3, -0.25) is 10.00 Å². The maximum absolute atomic E-state index is 17.3. The van der Waals surface area contributed by atoms with Crippen LogP contribution in [-0.2, 0) is 9.47 Å². The lowest BCUT2D eigenvalue weighted by Gasteiger charge is -2.53. The lowest BCUT2D eigenvalue weighted by molar-refractivity contribution is -0.143. The van der Waals surface area contributed by atoms with Crippen LogP contribution < -0.4 is 14.4 Å². The monoisotopic (exact) mass is 729 g/mol. The number of likely N-dealkylation sites (tertiary alicyclic amines) is 1. The lowest BCUT2D eigenvalue weighted by Crippen LogP contribution is -2.57. The molecule has 12 nitrogen and oxygen atoms in total. The van der Waals surface area contributed by atoms with Crippen LogP contribution in [0, 0.1) is 30.5 Å². The fraction of sp³-hybridized carbons (Fsp3) is 0.650. The zero-order valence-corrected chi connectivity index (χ0v) is 31.5. The third-order valence-corrected chi connectivity index (χ3v) is 13.3. The number of aryl methyl sites for hydroxylation is 1. The predicted octanol–water partition coefficient (Wildman–Crippen LogP) is 5.89. The summed E-state index contributed by atoms with van der Waals surface area (Å²) in [6.45, 7) is 10.3. The number of aromatic amines is 1. The summed E-state index contributed by atoms with van der Waals surface area (Å²) in [5, 5.41) is 19.6. The van der Waals surface area contributed by atoms with Crippen molar-refractivity contribution < 1.29 is 28.4 Å². The SMILES string of the molecule is COc1nc(-c2c(C)c(C)cc3[nH]ncc23)c(F)c2nc(OCC34CCCC3N(C3CCC5(CC3)COC5)CCC4)nc(N3CCOCC(C)(O)C3)c12. The highest BCUT2D eigenvalue weighted by Crippen LogP contribution is 2.52. The van der Waals surface area contributed by atoms with Gasteiger partial charge in [0.25, 0.3) is 0 Å². The number of pyridine rings is 1. The number of hydrogen-bond acceptors (Lipinski definition) is 11. The second kappa shape index (κ2) is 13.3. The Morgan fingerprint density at radius 1 is 1.02 bits per heavy atom. The van der Waals surface area contributed by atoms with Crippen LogP contribution in [0.5, 0.6) is 11.9 Å². The van der Waals surface area contributed by atoms with Crippen LogP contribution in [0.3, 0.4) is 0 Å². The van der Waals surface area contributed by atoms with Gasteiger partial charge in [0.2, 0.25) is 5.88 Å². The van der Waals surface area contributed by atoms with Crippen LogP contribution in [0.1, 0.15) is 75.8 Å². The van der Waals surface area contributed by atoms with Crippen molar-refractivity contribution in [2.45, 2.75) is 96.2 Å². The maximum Gasteiger partial charge on any atom is 0.319 e. The molecule has 2 saturated carbocycles. The van der Waals surface area contributed by atoms with Crippen molar-refractivity contribution in [2.75, 3.05) is 64.7 Å². The minimum absolute atomic E-state index is 0.0171. The van der Waals surface area contributed by atoms with E-state index < -0.39 is 11.4 Å². The van der Waals surface area contributed by atoms with Crippen molar-refractivity contribution in [2.24, 2.45) is 10.8 Å². The summed E-state index contributed by atoms with van der Waals surface area (Å²) in [7, 11) is 1.52. The highest BCUT2D eigenvalue weighted by atomic mass is 19.1. The number of halogens is 1. The molecule has 53 heavy (non-hydrogen) atoms. The number of anilines is 1. The fourth-order valence-electron chi connectivity index (χ4n) is 10.3. The average Bonchev–Trinajstić information content (AvgIpc) is 3.75. The maximum atomic E-state index is 17.3. The Kier molecular flexibility index (Phi) is 8.79. The molecule has 2 N–H and O–H groups in total. The molecule has 6 heterocycles. The number of fused-ring (bicyclic) bond motifs is 3. The first-order chi connectivity index (χ1) is 25.6. The van der Waals surface area contributed by atoms with Crippen LogP contribution in [0.15, 0.2) is 12.3 Å². The molecule has 0 radical (unpaired) electrons. The third kappa shape index (κ3) is 6.02. The molecule has 5 aliphatic rings. The van der Waals surface area contributed by atoms with E-state index in [1.54, 1.807) is 13.1 Å². The Bertz CT molecular complexity index is 2020. The molecule has 3 aromatic heterocycles. The molecular weight excluding hydrogens is 677 g/mol. The molecule has 1 aromatic carbocycles. The van der Waals surface area contributed by atoms with E-state index in [0.717, 1.165) is 61.1 Å². The largest absolute Gasteiger partial charge is 0.480 e. The molecule has 3 aliphatic heterocycles. The van der Waals surface area contributed by atoms with E-state index in [1.165, 1.54) is 45.6 Å². The molecule has 3 unspecified atom stereocenters. The smallest absolute Gasteiger partial charge is 0.319 e. The first-order valence-electron chi connectivity index (χ1n) is 19.5. The minimum Gasteiger partial charge on any atom is -0.480 e. The summed E-state index contributed by atoms with van der Waals surface area (Å²) in [5.41, 5.74) is 2.74. The fourth-order valence-corrected chi connectivity index (χ4v) is 10.3. The van der Waals surface area contributed by atoms with Gasteiger partial charge in [0.15, 0.2) is 5.82 Å². The number of nitrogens with zero attached hydrogens (tertiary/aromatic N) is 6. The van der Waals surface area contributed by atoms with E-state index in [1.807, 2.05) is 24.8 Å². The van der Waals surface area contributed by atoms with Gasteiger partial charge in [0, 0.05) is 40.4 Å². The molecule has 3 atom stereocenters. The molecule has 4 aromatic rings. The second-order valence-electron chi connectivity index (χ2n) is 17.0. The second-order valence-corrected chi connectivity index (χ2v) is 17.0. The molecule has 284 valence electrons. The van der Waals surface area contributed by atoms with Gasteiger partial charge in [-0.05, 0) is 95.9 Å². The van der Waals surface area contributed by atoms with Crippen molar-refractivity contribution in [1.29, 1.82) is 0 Å². The number of benzene rings is 1. The number of hydrogen-bond donors (Lipinski definition) is 2. The predicted molar refractivity (Wildman–Crippen MR) is 199 cm³/mol. The molecule has 3 saturated heterocycles. The first kappa shape index (κ1) is 35.1. The van der Waals surface area contributed by atoms with Crippen LogP contribution >= 0.6 is 0 Å². The Balaban J connectivity index is 1.11. The average molecular weight is 730 g/mol. The van der Waals surface area contributed by atoms with Gasteiger partial charge < -0.3 is 29.0 Å². The summed E-state index contributed by atoms with van der Waals surface area (Å²) < 4.78 is 41.3. The van der Waals surface area contributed by atoms with Gasteiger partial charge in [0.1, 0.15) is 28.0 Å². The third-order valence-electron chi connectivity index (χ3n) is 13.3.